The average Bonchev–Trinajstić information content (AvgIpc) is 2.86. The Balaban J connectivity index is 1.92. The number of likely N-dealkylation sites (N-methyl/N-ethyl adjacent to an activating group) is 1. The van der Waals surface area contributed by atoms with Crippen molar-refractivity contribution in [3.63, 3.8) is 0 Å². The monoisotopic (exact) mass is 287 g/mol. The third-order valence-corrected chi connectivity index (χ3v) is 2.88. The minimum Gasteiger partial charge on any atom is -0.439 e. The van der Waals surface area contributed by atoms with Crippen LogP contribution in [-0.4, -0.2) is 35.4 Å². The lowest BCUT2D eigenvalue weighted by molar-refractivity contribution is -0.122. The van der Waals surface area contributed by atoms with Gasteiger partial charge in [0.15, 0.2) is 5.76 Å². The highest BCUT2D eigenvalue weighted by atomic mass is 16.4. The molecule has 1 N–H and O–H groups in total. The van der Waals surface area contributed by atoms with Crippen LogP contribution < -0.4 is 5.32 Å². The number of rotatable bonds is 6. The van der Waals surface area contributed by atoms with Crippen LogP contribution in [0.3, 0.4) is 0 Å². The lowest BCUT2D eigenvalue weighted by Crippen LogP contribution is -2.38. The summed E-state index contributed by atoms with van der Waals surface area (Å²) in [6.07, 6.45) is 1.71. The van der Waals surface area contributed by atoms with Gasteiger partial charge in [-0.05, 0) is 20.9 Å². The second kappa shape index (κ2) is 7.04. The number of carbonyl (C=O) groups is 1. The van der Waals surface area contributed by atoms with E-state index in [0.29, 0.717) is 19.0 Å². The second-order valence-corrected chi connectivity index (χ2v) is 5.38. The van der Waals surface area contributed by atoms with Gasteiger partial charge in [-0.25, -0.2) is 4.98 Å². The third-order valence-electron chi connectivity index (χ3n) is 2.88. The van der Waals surface area contributed by atoms with Crippen LogP contribution in [0.25, 0.3) is 11.3 Å². The fourth-order valence-corrected chi connectivity index (χ4v) is 2.02. The highest BCUT2D eigenvalue weighted by Gasteiger charge is 2.12. The van der Waals surface area contributed by atoms with Gasteiger partial charge in [-0.2, -0.15) is 0 Å². The topological polar surface area (TPSA) is 58.4 Å². The Morgan fingerprint density at radius 1 is 1.33 bits per heavy atom. The predicted octanol–water partition coefficient (Wildman–Crippen LogP) is 2.30. The molecule has 1 aromatic heterocycles. The molecule has 1 aromatic carbocycles. The van der Waals surface area contributed by atoms with Crippen molar-refractivity contribution in [2.24, 2.45) is 0 Å². The Kier molecular flexibility index (Phi) is 5.11. The highest BCUT2D eigenvalue weighted by molar-refractivity contribution is 5.78. The van der Waals surface area contributed by atoms with Crippen molar-refractivity contribution in [2.75, 3.05) is 13.6 Å². The van der Waals surface area contributed by atoms with Gasteiger partial charge in [0.1, 0.15) is 0 Å². The van der Waals surface area contributed by atoms with E-state index in [4.69, 9.17) is 4.42 Å². The van der Waals surface area contributed by atoms with E-state index in [1.54, 1.807) is 6.20 Å². The van der Waals surface area contributed by atoms with Crippen molar-refractivity contribution in [3.8, 4) is 11.3 Å². The lowest BCUT2D eigenvalue weighted by atomic mass is 10.2. The first-order valence-corrected chi connectivity index (χ1v) is 7.02. The van der Waals surface area contributed by atoms with Gasteiger partial charge in [-0.3, -0.25) is 9.69 Å². The molecule has 0 unspecified atom stereocenters. The lowest BCUT2D eigenvalue weighted by Gasteiger charge is -2.15. The fourth-order valence-electron chi connectivity index (χ4n) is 2.02. The molecule has 0 atom stereocenters. The third kappa shape index (κ3) is 4.72. The van der Waals surface area contributed by atoms with E-state index < -0.39 is 0 Å². The molecule has 5 nitrogen and oxygen atoms in total. The molecule has 0 fully saturated rings. The molecule has 0 aliphatic carbocycles. The van der Waals surface area contributed by atoms with Crippen molar-refractivity contribution in [1.82, 2.24) is 15.2 Å². The molecule has 0 aliphatic heterocycles. The van der Waals surface area contributed by atoms with Crippen LogP contribution in [0.5, 0.6) is 0 Å². The summed E-state index contributed by atoms with van der Waals surface area (Å²) in [6, 6.07) is 9.98. The van der Waals surface area contributed by atoms with E-state index in [1.807, 2.05) is 56.1 Å². The van der Waals surface area contributed by atoms with Gasteiger partial charge in [0, 0.05) is 11.6 Å². The van der Waals surface area contributed by atoms with E-state index in [0.717, 1.165) is 11.3 Å². The molecule has 5 heteroatoms. The molecule has 2 rings (SSSR count). The SMILES string of the molecule is CC(C)NC(=O)CN(C)Cc1ncc(-c2ccccc2)o1. The largest absolute Gasteiger partial charge is 0.439 e. The van der Waals surface area contributed by atoms with Crippen molar-refractivity contribution in [2.45, 2.75) is 26.4 Å². The van der Waals surface area contributed by atoms with Crippen LogP contribution in [0.2, 0.25) is 0 Å². The fraction of sp³-hybridized carbons (Fsp3) is 0.375. The molecular weight excluding hydrogens is 266 g/mol. The molecule has 0 bridgehead atoms. The minimum absolute atomic E-state index is 0.00217. The Morgan fingerprint density at radius 2 is 2.05 bits per heavy atom. The van der Waals surface area contributed by atoms with Crippen LogP contribution in [-0.2, 0) is 11.3 Å². The summed E-state index contributed by atoms with van der Waals surface area (Å²) >= 11 is 0. The maximum atomic E-state index is 11.7. The Hall–Kier alpha value is -2.14. The smallest absolute Gasteiger partial charge is 0.234 e. The van der Waals surface area contributed by atoms with E-state index in [2.05, 4.69) is 10.3 Å². The van der Waals surface area contributed by atoms with Crippen molar-refractivity contribution in [1.29, 1.82) is 0 Å². The molecule has 1 amide bonds. The summed E-state index contributed by atoms with van der Waals surface area (Å²) in [4.78, 5) is 17.8. The van der Waals surface area contributed by atoms with E-state index >= 15 is 0 Å². The highest BCUT2D eigenvalue weighted by Crippen LogP contribution is 2.20. The molecule has 0 aliphatic rings. The predicted molar refractivity (Wildman–Crippen MR) is 81.6 cm³/mol. The van der Waals surface area contributed by atoms with E-state index in [9.17, 15) is 4.79 Å². The van der Waals surface area contributed by atoms with Crippen LogP contribution in [0, 0.1) is 0 Å². The zero-order chi connectivity index (χ0) is 15.2. The summed E-state index contributed by atoms with van der Waals surface area (Å²) in [5.41, 5.74) is 0.997. The summed E-state index contributed by atoms with van der Waals surface area (Å²) in [7, 11) is 1.87. The standard InChI is InChI=1S/C16H21N3O2/c1-12(2)18-15(20)10-19(3)11-16-17-9-14(21-16)13-7-5-4-6-8-13/h4-9,12H,10-11H2,1-3H3,(H,18,20). The van der Waals surface area contributed by atoms with Crippen molar-refractivity contribution in [3.05, 3.63) is 42.4 Å². The molecule has 0 saturated heterocycles. The van der Waals surface area contributed by atoms with Gasteiger partial charge in [0.25, 0.3) is 0 Å². The molecule has 0 radical (unpaired) electrons. The van der Waals surface area contributed by atoms with Gasteiger partial charge in [0.2, 0.25) is 11.8 Å². The number of nitrogens with zero attached hydrogens (tertiary/aromatic N) is 2. The van der Waals surface area contributed by atoms with E-state index in [-0.39, 0.29) is 11.9 Å². The summed E-state index contributed by atoms with van der Waals surface area (Å²) in [5, 5.41) is 2.86. The van der Waals surface area contributed by atoms with Gasteiger partial charge in [-0.1, -0.05) is 30.3 Å². The number of benzene rings is 1. The molecular formula is C16H21N3O2. The molecule has 21 heavy (non-hydrogen) atoms. The number of carbonyl (C=O) groups excluding carboxylic acids is 1. The van der Waals surface area contributed by atoms with Gasteiger partial charge in [0.05, 0.1) is 19.3 Å². The van der Waals surface area contributed by atoms with E-state index in [1.165, 1.54) is 0 Å². The molecule has 112 valence electrons. The number of amides is 1. The van der Waals surface area contributed by atoms with Crippen molar-refractivity contribution >= 4 is 5.91 Å². The number of hydrogen-bond acceptors (Lipinski definition) is 4. The Bertz CT molecular complexity index is 578. The second-order valence-electron chi connectivity index (χ2n) is 5.38. The van der Waals surface area contributed by atoms with Gasteiger partial charge >= 0.3 is 0 Å². The van der Waals surface area contributed by atoms with Crippen LogP contribution in [0.1, 0.15) is 19.7 Å². The zero-order valence-electron chi connectivity index (χ0n) is 12.7. The van der Waals surface area contributed by atoms with Crippen molar-refractivity contribution < 1.29 is 9.21 Å². The maximum Gasteiger partial charge on any atom is 0.234 e. The normalized spacial score (nSPS) is 11.1. The Morgan fingerprint density at radius 3 is 2.71 bits per heavy atom. The Labute approximate surface area is 125 Å². The van der Waals surface area contributed by atoms with Gasteiger partial charge in [-0.15, -0.1) is 0 Å². The van der Waals surface area contributed by atoms with Gasteiger partial charge < -0.3 is 9.73 Å². The number of oxazole rings is 1. The molecule has 2 aromatic rings. The number of nitrogens with one attached hydrogen (secondary N) is 1. The molecule has 1 heterocycles. The summed E-state index contributed by atoms with van der Waals surface area (Å²) < 4.78 is 5.72. The number of aromatic nitrogens is 1. The minimum atomic E-state index is 0.00217. The number of hydrogen-bond donors (Lipinski definition) is 1. The first-order valence-electron chi connectivity index (χ1n) is 7.02. The summed E-state index contributed by atoms with van der Waals surface area (Å²) in [5.74, 6) is 1.35. The van der Waals surface area contributed by atoms with Crippen LogP contribution >= 0.6 is 0 Å². The summed E-state index contributed by atoms with van der Waals surface area (Å²) in [6.45, 7) is 4.70. The first kappa shape index (κ1) is 15.3. The molecule has 0 saturated carbocycles. The van der Waals surface area contributed by atoms with Crippen LogP contribution in [0.15, 0.2) is 40.9 Å². The maximum absolute atomic E-state index is 11.7. The average molecular weight is 287 g/mol. The van der Waals surface area contributed by atoms with Crippen LogP contribution in [0.4, 0.5) is 0 Å². The first-order chi connectivity index (χ1) is 10.0. The zero-order valence-corrected chi connectivity index (χ0v) is 12.7. The quantitative estimate of drug-likeness (QED) is 0.885. The molecule has 0 spiro atoms.